The third kappa shape index (κ3) is 5.27. The third-order valence-electron chi connectivity index (χ3n) is 3.47. The van der Waals surface area contributed by atoms with Gasteiger partial charge in [-0.2, -0.15) is 0 Å². The maximum atomic E-state index is 12.0. The van der Waals surface area contributed by atoms with Crippen LogP contribution in [0.3, 0.4) is 0 Å². The number of amides is 1. The van der Waals surface area contributed by atoms with Crippen LogP contribution in [0.15, 0.2) is 71.3 Å². The lowest BCUT2D eigenvalue weighted by Gasteiger charge is -2.09. The molecule has 0 saturated carbocycles. The van der Waals surface area contributed by atoms with E-state index in [0.29, 0.717) is 17.2 Å². The molecule has 142 valence electrons. The van der Waals surface area contributed by atoms with Gasteiger partial charge < -0.3 is 24.9 Å². The highest BCUT2D eigenvalue weighted by atomic mass is 79.9. The van der Waals surface area contributed by atoms with Gasteiger partial charge in [0, 0.05) is 10.2 Å². The summed E-state index contributed by atoms with van der Waals surface area (Å²) in [5, 5.41) is 13.5. The molecule has 0 radical (unpaired) electrons. The summed E-state index contributed by atoms with van der Waals surface area (Å²) in [5.41, 5.74) is 0.539. The lowest BCUT2D eigenvalue weighted by Crippen LogP contribution is -2.20. The van der Waals surface area contributed by atoms with Crippen molar-refractivity contribution in [2.75, 3.05) is 11.9 Å². The Morgan fingerprint density at radius 2 is 1.71 bits per heavy atom. The van der Waals surface area contributed by atoms with Crippen molar-refractivity contribution < 1.29 is 19.2 Å². The van der Waals surface area contributed by atoms with Gasteiger partial charge in [0.15, 0.2) is 6.61 Å². The van der Waals surface area contributed by atoms with Gasteiger partial charge in [0.2, 0.25) is 5.75 Å². The molecule has 0 atom stereocenters. The van der Waals surface area contributed by atoms with Crippen LogP contribution in [-0.4, -0.2) is 22.4 Å². The first-order valence-electron chi connectivity index (χ1n) is 8.07. The number of rotatable bonds is 7. The maximum absolute atomic E-state index is 12.0. The number of hydrogen-bond acceptors (Lipinski definition) is 6. The number of benzene rings is 2. The van der Waals surface area contributed by atoms with Crippen LogP contribution in [0.1, 0.15) is 0 Å². The highest BCUT2D eigenvalue weighted by molar-refractivity contribution is 9.10. The van der Waals surface area contributed by atoms with Gasteiger partial charge >= 0.3 is 5.82 Å². The highest BCUT2D eigenvalue weighted by Crippen LogP contribution is 2.25. The van der Waals surface area contributed by atoms with Gasteiger partial charge in [-0.1, -0.05) is 15.9 Å². The number of nitrogens with zero attached hydrogens (tertiary/aromatic N) is 2. The molecule has 3 rings (SSSR count). The summed E-state index contributed by atoms with van der Waals surface area (Å²) in [6.45, 7) is -0.385. The number of anilines is 1. The van der Waals surface area contributed by atoms with Crippen LogP contribution in [0.2, 0.25) is 0 Å². The molecule has 0 unspecified atom stereocenters. The maximum Gasteiger partial charge on any atom is 0.406 e. The van der Waals surface area contributed by atoms with Gasteiger partial charge in [-0.15, -0.1) is 0 Å². The van der Waals surface area contributed by atoms with Crippen molar-refractivity contribution in [3.05, 3.63) is 81.4 Å². The number of carbonyl (C=O) groups is 1. The number of ether oxygens (including phenoxy) is 2. The van der Waals surface area contributed by atoms with E-state index >= 15 is 0 Å². The average Bonchev–Trinajstić information content (AvgIpc) is 2.70. The molecule has 0 fully saturated rings. The van der Waals surface area contributed by atoms with Gasteiger partial charge in [-0.25, -0.2) is 0 Å². The predicted molar refractivity (Wildman–Crippen MR) is 106 cm³/mol. The smallest absolute Gasteiger partial charge is 0.406 e. The number of hydrogen-bond donors (Lipinski definition) is 1. The summed E-state index contributed by atoms with van der Waals surface area (Å²) >= 11 is 3.36. The van der Waals surface area contributed by atoms with E-state index in [0.717, 1.165) is 4.47 Å². The standard InChI is InChI=1S/C19H14BrN3O5/c20-13-3-7-15(8-4-13)28-16-9-5-14(6-10-16)22-18(24)12-27-17-2-1-11-21-19(17)23(25)26/h1-11H,12H2,(H,22,24). The van der Waals surface area contributed by atoms with Gasteiger partial charge in [0.25, 0.3) is 5.91 Å². The summed E-state index contributed by atoms with van der Waals surface area (Å²) in [7, 11) is 0. The van der Waals surface area contributed by atoms with E-state index in [-0.39, 0.29) is 12.4 Å². The molecule has 1 heterocycles. The molecule has 0 aliphatic heterocycles. The Morgan fingerprint density at radius 1 is 1.07 bits per heavy atom. The van der Waals surface area contributed by atoms with Crippen molar-refractivity contribution in [3.8, 4) is 17.2 Å². The van der Waals surface area contributed by atoms with E-state index in [4.69, 9.17) is 9.47 Å². The minimum atomic E-state index is -0.669. The van der Waals surface area contributed by atoms with Crippen LogP contribution in [0.4, 0.5) is 11.5 Å². The second-order valence-electron chi connectivity index (χ2n) is 5.50. The van der Waals surface area contributed by atoms with Crippen molar-refractivity contribution in [2.45, 2.75) is 0 Å². The monoisotopic (exact) mass is 443 g/mol. The summed E-state index contributed by atoms with van der Waals surface area (Å²) in [5.74, 6) is 0.333. The first kappa shape index (κ1) is 19.3. The SMILES string of the molecule is O=C(COc1cccnc1[N+](=O)[O-])Nc1ccc(Oc2ccc(Br)cc2)cc1. The van der Waals surface area contributed by atoms with Crippen LogP contribution in [-0.2, 0) is 4.79 Å². The summed E-state index contributed by atoms with van der Waals surface area (Å²) < 4.78 is 11.9. The molecule has 0 aliphatic carbocycles. The second kappa shape index (κ2) is 8.96. The molecule has 0 spiro atoms. The van der Waals surface area contributed by atoms with Crippen LogP contribution in [0, 0.1) is 10.1 Å². The molecule has 1 amide bonds. The fraction of sp³-hybridized carbons (Fsp3) is 0.0526. The number of nitro groups is 1. The van der Waals surface area contributed by atoms with Gasteiger partial charge in [0.05, 0.1) is 0 Å². The average molecular weight is 444 g/mol. The molecule has 0 saturated heterocycles. The molecule has 1 N–H and O–H groups in total. The first-order valence-corrected chi connectivity index (χ1v) is 8.86. The minimum Gasteiger partial charge on any atom is -0.476 e. The van der Waals surface area contributed by atoms with E-state index < -0.39 is 16.6 Å². The molecular weight excluding hydrogens is 430 g/mol. The quantitative estimate of drug-likeness (QED) is 0.423. The number of halogens is 1. The van der Waals surface area contributed by atoms with Crippen molar-refractivity contribution in [2.24, 2.45) is 0 Å². The highest BCUT2D eigenvalue weighted by Gasteiger charge is 2.16. The van der Waals surface area contributed by atoms with Crippen molar-refractivity contribution in [3.63, 3.8) is 0 Å². The van der Waals surface area contributed by atoms with E-state index in [1.165, 1.54) is 18.3 Å². The minimum absolute atomic E-state index is 0.0686. The zero-order valence-corrected chi connectivity index (χ0v) is 16.0. The lowest BCUT2D eigenvalue weighted by molar-refractivity contribution is -0.390. The summed E-state index contributed by atoms with van der Waals surface area (Å²) in [6, 6.07) is 17.1. The van der Waals surface area contributed by atoms with Crippen LogP contribution in [0.25, 0.3) is 0 Å². The molecule has 28 heavy (non-hydrogen) atoms. The van der Waals surface area contributed by atoms with E-state index in [9.17, 15) is 14.9 Å². The normalized spacial score (nSPS) is 10.2. The third-order valence-corrected chi connectivity index (χ3v) is 4.00. The number of pyridine rings is 1. The Kier molecular flexibility index (Phi) is 6.18. The molecular formula is C19H14BrN3O5. The van der Waals surface area contributed by atoms with E-state index in [2.05, 4.69) is 26.2 Å². The summed E-state index contributed by atoms with van der Waals surface area (Å²) in [6.07, 6.45) is 1.28. The zero-order chi connectivity index (χ0) is 19.9. The second-order valence-corrected chi connectivity index (χ2v) is 6.42. The van der Waals surface area contributed by atoms with E-state index in [1.807, 2.05) is 24.3 Å². The molecule has 9 heteroatoms. The van der Waals surface area contributed by atoms with Gasteiger partial charge in [0.1, 0.15) is 17.7 Å². The van der Waals surface area contributed by atoms with Gasteiger partial charge in [-0.3, -0.25) is 4.79 Å². The Labute approximate surface area is 168 Å². The first-order chi connectivity index (χ1) is 13.5. The number of nitrogens with one attached hydrogen (secondary N) is 1. The molecule has 2 aromatic carbocycles. The Hall–Kier alpha value is -3.46. The van der Waals surface area contributed by atoms with Gasteiger partial charge in [-0.05, 0) is 70.6 Å². The van der Waals surface area contributed by atoms with Crippen LogP contribution >= 0.6 is 15.9 Å². The van der Waals surface area contributed by atoms with Crippen LogP contribution in [0.5, 0.6) is 17.2 Å². The fourth-order valence-electron chi connectivity index (χ4n) is 2.22. The van der Waals surface area contributed by atoms with Crippen LogP contribution < -0.4 is 14.8 Å². The lowest BCUT2D eigenvalue weighted by atomic mass is 10.3. The Bertz CT molecular complexity index is 978. The molecule has 1 aromatic heterocycles. The molecule has 8 nitrogen and oxygen atoms in total. The van der Waals surface area contributed by atoms with E-state index in [1.54, 1.807) is 24.3 Å². The fourth-order valence-corrected chi connectivity index (χ4v) is 2.48. The molecule has 0 aliphatic rings. The zero-order valence-electron chi connectivity index (χ0n) is 14.4. The van der Waals surface area contributed by atoms with Crippen molar-refractivity contribution in [1.29, 1.82) is 0 Å². The largest absolute Gasteiger partial charge is 0.476 e. The number of carbonyl (C=O) groups excluding carboxylic acids is 1. The number of aromatic nitrogens is 1. The Morgan fingerprint density at radius 3 is 2.36 bits per heavy atom. The molecule has 0 bridgehead atoms. The molecule has 3 aromatic rings. The summed E-state index contributed by atoms with van der Waals surface area (Å²) in [4.78, 5) is 25.8. The Balaban J connectivity index is 1.54. The predicted octanol–water partition coefficient (Wildman–Crippen LogP) is 4.56. The van der Waals surface area contributed by atoms with Crippen molar-refractivity contribution >= 4 is 33.3 Å². The van der Waals surface area contributed by atoms with Crippen molar-refractivity contribution in [1.82, 2.24) is 4.98 Å². The topological polar surface area (TPSA) is 104 Å².